The van der Waals surface area contributed by atoms with Gasteiger partial charge in [-0.1, -0.05) is 0 Å². The van der Waals surface area contributed by atoms with Gasteiger partial charge >= 0.3 is 0 Å². The van der Waals surface area contributed by atoms with Gasteiger partial charge in [0.25, 0.3) is 0 Å². The average Bonchev–Trinajstić information content (AvgIpc) is 2.72. The minimum absolute atomic E-state index is 0.0316. The Morgan fingerprint density at radius 1 is 1.16 bits per heavy atom. The molecule has 1 heterocycles. The molecule has 5 nitrogen and oxygen atoms in total. The van der Waals surface area contributed by atoms with Crippen LogP contribution in [-0.2, 0) is 14.4 Å². The van der Waals surface area contributed by atoms with Crippen molar-refractivity contribution in [3.63, 3.8) is 0 Å². The molecule has 19 heavy (non-hydrogen) atoms. The van der Waals surface area contributed by atoms with Crippen molar-refractivity contribution in [2.45, 2.75) is 45.4 Å². The highest BCUT2D eigenvalue weighted by molar-refractivity contribution is 6.01. The van der Waals surface area contributed by atoms with Crippen molar-refractivity contribution in [1.82, 2.24) is 10.2 Å². The van der Waals surface area contributed by atoms with Crippen molar-refractivity contribution in [1.29, 1.82) is 0 Å². The summed E-state index contributed by atoms with van der Waals surface area (Å²) in [4.78, 5) is 36.3. The van der Waals surface area contributed by atoms with Gasteiger partial charge in [-0.05, 0) is 38.5 Å². The molecule has 1 saturated heterocycles. The number of nitrogens with one attached hydrogen (secondary N) is 1. The molecule has 0 atom stereocenters. The van der Waals surface area contributed by atoms with Gasteiger partial charge in [0.1, 0.15) is 0 Å². The summed E-state index contributed by atoms with van der Waals surface area (Å²) in [5.41, 5.74) is 0. The van der Waals surface area contributed by atoms with Crippen molar-refractivity contribution in [3.05, 3.63) is 0 Å². The topological polar surface area (TPSA) is 66.5 Å². The number of imide groups is 1. The van der Waals surface area contributed by atoms with E-state index in [1.807, 2.05) is 6.92 Å². The van der Waals surface area contributed by atoms with Crippen LogP contribution in [0.15, 0.2) is 0 Å². The molecule has 5 heteroatoms. The quantitative estimate of drug-likeness (QED) is 0.774. The van der Waals surface area contributed by atoms with Crippen LogP contribution in [0.1, 0.15) is 45.4 Å². The first-order valence-corrected chi connectivity index (χ1v) is 7.22. The van der Waals surface area contributed by atoms with E-state index in [1.54, 1.807) is 0 Å². The van der Waals surface area contributed by atoms with Crippen LogP contribution in [-0.4, -0.2) is 35.7 Å². The van der Waals surface area contributed by atoms with Gasteiger partial charge in [-0.3, -0.25) is 19.3 Å². The molecule has 2 rings (SSSR count). The van der Waals surface area contributed by atoms with Gasteiger partial charge in [0.2, 0.25) is 17.7 Å². The number of amides is 3. The fourth-order valence-corrected chi connectivity index (χ4v) is 3.01. The van der Waals surface area contributed by atoms with E-state index >= 15 is 0 Å². The van der Waals surface area contributed by atoms with E-state index in [4.69, 9.17) is 0 Å². The molecule has 2 aliphatic rings. The van der Waals surface area contributed by atoms with Crippen LogP contribution in [0.5, 0.6) is 0 Å². The predicted octanol–water partition coefficient (Wildman–Crippen LogP) is 1.08. The monoisotopic (exact) mass is 266 g/mol. The second-order valence-corrected chi connectivity index (χ2v) is 5.51. The summed E-state index contributed by atoms with van der Waals surface area (Å²) in [6, 6.07) is 0. The lowest BCUT2D eigenvalue weighted by atomic mass is 9.81. The third kappa shape index (κ3) is 3.33. The Hall–Kier alpha value is -1.39. The van der Waals surface area contributed by atoms with E-state index in [0.29, 0.717) is 31.8 Å². The zero-order valence-corrected chi connectivity index (χ0v) is 11.5. The molecule has 0 aromatic rings. The van der Waals surface area contributed by atoms with E-state index < -0.39 is 0 Å². The third-order valence-corrected chi connectivity index (χ3v) is 4.16. The van der Waals surface area contributed by atoms with E-state index in [-0.39, 0.29) is 23.6 Å². The van der Waals surface area contributed by atoms with Crippen LogP contribution in [0.2, 0.25) is 0 Å². The molecule has 1 saturated carbocycles. The van der Waals surface area contributed by atoms with Crippen LogP contribution < -0.4 is 5.32 Å². The van der Waals surface area contributed by atoms with Crippen molar-refractivity contribution >= 4 is 17.7 Å². The van der Waals surface area contributed by atoms with Crippen LogP contribution in [0, 0.1) is 11.8 Å². The fraction of sp³-hybridized carbons (Fsp3) is 0.786. The maximum atomic E-state index is 11.7. The lowest BCUT2D eigenvalue weighted by molar-refractivity contribution is -0.139. The number of rotatable bonds is 4. The molecule has 0 aromatic carbocycles. The summed E-state index contributed by atoms with van der Waals surface area (Å²) in [5.74, 6) is 0.568. The van der Waals surface area contributed by atoms with E-state index in [1.165, 1.54) is 4.90 Å². The first-order chi connectivity index (χ1) is 9.11. The van der Waals surface area contributed by atoms with Gasteiger partial charge in [-0.25, -0.2) is 0 Å². The van der Waals surface area contributed by atoms with Gasteiger partial charge in [0.05, 0.1) is 0 Å². The molecule has 0 aromatic heterocycles. The summed E-state index contributed by atoms with van der Waals surface area (Å²) in [6.07, 6.45) is 4.33. The fourth-order valence-electron chi connectivity index (χ4n) is 3.01. The number of likely N-dealkylation sites (tertiary alicyclic amines) is 1. The Bertz CT molecular complexity index is 357. The summed E-state index contributed by atoms with van der Waals surface area (Å²) >= 11 is 0. The zero-order chi connectivity index (χ0) is 13.8. The zero-order valence-electron chi connectivity index (χ0n) is 11.5. The van der Waals surface area contributed by atoms with E-state index in [0.717, 1.165) is 25.7 Å². The minimum atomic E-state index is -0.0316. The third-order valence-electron chi connectivity index (χ3n) is 4.16. The Kier molecular flexibility index (Phi) is 4.56. The molecule has 0 bridgehead atoms. The van der Waals surface area contributed by atoms with Crippen molar-refractivity contribution in [3.8, 4) is 0 Å². The van der Waals surface area contributed by atoms with Gasteiger partial charge < -0.3 is 5.32 Å². The lowest BCUT2D eigenvalue weighted by Crippen LogP contribution is -2.38. The Morgan fingerprint density at radius 2 is 1.74 bits per heavy atom. The maximum Gasteiger partial charge on any atom is 0.229 e. The van der Waals surface area contributed by atoms with Gasteiger partial charge in [-0.15, -0.1) is 0 Å². The van der Waals surface area contributed by atoms with Crippen molar-refractivity contribution in [2.75, 3.05) is 13.1 Å². The molecule has 0 unspecified atom stereocenters. The molecule has 1 aliphatic carbocycles. The number of hydrogen-bond donors (Lipinski definition) is 1. The van der Waals surface area contributed by atoms with Crippen LogP contribution >= 0.6 is 0 Å². The summed E-state index contributed by atoms with van der Waals surface area (Å²) in [7, 11) is 0. The summed E-state index contributed by atoms with van der Waals surface area (Å²) in [6.45, 7) is 3.16. The SMILES string of the molecule is CCNC(=O)C1CCC(CN2C(=O)CCC2=O)CC1. The highest BCUT2D eigenvalue weighted by Gasteiger charge is 2.33. The molecule has 3 amide bonds. The summed E-state index contributed by atoms with van der Waals surface area (Å²) in [5, 5.41) is 2.86. The molecular weight excluding hydrogens is 244 g/mol. The first kappa shape index (κ1) is 14.0. The molecule has 1 aliphatic heterocycles. The molecule has 2 fully saturated rings. The Morgan fingerprint density at radius 3 is 2.26 bits per heavy atom. The van der Waals surface area contributed by atoms with Crippen LogP contribution in [0.25, 0.3) is 0 Å². The van der Waals surface area contributed by atoms with Gasteiger partial charge in [-0.2, -0.15) is 0 Å². The second kappa shape index (κ2) is 6.17. The van der Waals surface area contributed by atoms with Crippen LogP contribution in [0.4, 0.5) is 0 Å². The highest BCUT2D eigenvalue weighted by Crippen LogP contribution is 2.30. The standard InChI is InChI=1S/C14H22N2O3/c1-2-15-14(19)11-5-3-10(4-6-11)9-16-12(17)7-8-13(16)18/h10-11H,2-9H2,1H3,(H,15,19). The number of nitrogens with zero attached hydrogens (tertiary/aromatic N) is 1. The largest absolute Gasteiger partial charge is 0.356 e. The highest BCUT2D eigenvalue weighted by atomic mass is 16.2. The van der Waals surface area contributed by atoms with Crippen molar-refractivity contribution < 1.29 is 14.4 Å². The van der Waals surface area contributed by atoms with E-state index in [2.05, 4.69) is 5.32 Å². The first-order valence-electron chi connectivity index (χ1n) is 7.22. The molecule has 0 spiro atoms. The van der Waals surface area contributed by atoms with Crippen LogP contribution in [0.3, 0.4) is 0 Å². The maximum absolute atomic E-state index is 11.7. The second-order valence-electron chi connectivity index (χ2n) is 5.51. The Labute approximate surface area is 113 Å². The Balaban J connectivity index is 1.79. The minimum Gasteiger partial charge on any atom is -0.356 e. The van der Waals surface area contributed by atoms with E-state index in [9.17, 15) is 14.4 Å². The lowest BCUT2D eigenvalue weighted by Gasteiger charge is -2.29. The predicted molar refractivity (Wildman–Crippen MR) is 70.1 cm³/mol. The van der Waals surface area contributed by atoms with Gasteiger partial charge in [0, 0.05) is 31.8 Å². The molecule has 1 N–H and O–H groups in total. The van der Waals surface area contributed by atoms with Crippen molar-refractivity contribution in [2.24, 2.45) is 11.8 Å². The smallest absolute Gasteiger partial charge is 0.229 e. The number of hydrogen-bond acceptors (Lipinski definition) is 3. The molecule has 0 radical (unpaired) electrons. The summed E-state index contributed by atoms with van der Waals surface area (Å²) < 4.78 is 0. The number of carbonyl (C=O) groups is 3. The van der Waals surface area contributed by atoms with Gasteiger partial charge in [0.15, 0.2) is 0 Å². The average molecular weight is 266 g/mol. The molecular formula is C14H22N2O3. The normalized spacial score (nSPS) is 27.7. The molecule has 106 valence electrons. The number of carbonyl (C=O) groups excluding carboxylic acids is 3.